The molecule has 126 valence electrons. The van der Waals surface area contributed by atoms with Crippen LogP contribution in [0, 0.1) is 25.2 Å². The largest absolute Gasteiger partial charge is 0.508 e. The SMILES string of the molecule is COc1cc(O)ccc1-c1cc(-c2c(C)n[nH]c2C)nc(N)c1C#N. The fraction of sp³-hybridized carbons (Fsp3) is 0.167. The van der Waals surface area contributed by atoms with Crippen molar-refractivity contribution in [3.05, 3.63) is 41.2 Å². The van der Waals surface area contributed by atoms with Gasteiger partial charge in [0.05, 0.1) is 18.5 Å². The number of anilines is 1. The number of methoxy groups -OCH3 is 1. The molecule has 0 amide bonds. The molecule has 25 heavy (non-hydrogen) atoms. The van der Waals surface area contributed by atoms with Crippen LogP contribution in [0.4, 0.5) is 5.82 Å². The fourth-order valence-corrected chi connectivity index (χ4v) is 2.85. The Morgan fingerprint density at radius 1 is 1.24 bits per heavy atom. The molecule has 3 rings (SSSR count). The van der Waals surface area contributed by atoms with Crippen molar-refractivity contribution >= 4 is 5.82 Å². The highest BCUT2D eigenvalue weighted by molar-refractivity contribution is 5.84. The number of nitrogens with two attached hydrogens (primary N) is 1. The van der Waals surface area contributed by atoms with Crippen molar-refractivity contribution in [2.75, 3.05) is 12.8 Å². The summed E-state index contributed by atoms with van der Waals surface area (Å²) < 4.78 is 5.35. The molecule has 4 N–H and O–H groups in total. The van der Waals surface area contributed by atoms with Gasteiger partial charge in [0.1, 0.15) is 28.9 Å². The number of nitrogen functional groups attached to an aromatic ring is 1. The highest BCUT2D eigenvalue weighted by Gasteiger charge is 2.19. The molecule has 7 nitrogen and oxygen atoms in total. The van der Waals surface area contributed by atoms with Gasteiger partial charge in [-0.1, -0.05) is 0 Å². The number of aromatic hydroxyl groups is 1. The fourth-order valence-electron chi connectivity index (χ4n) is 2.85. The molecule has 3 aromatic rings. The van der Waals surface area contributed by atoms with Gasteiger partial charge in [-0.05, 0) is 32.0 Å². The number of aromatic amines is 1. The predicted molar refractivity (Wildman–Crippen MR) is 94.1 cm³/mol. The zero-order valence-corrected chi connectivity index (χ0v) is 14.1. The van der Waals surface area contributed by atoms with Gasteiger partial charge >= 0.3 is 0 Å². The van der Waals surface area contributed by atoms with Crippen LogP contribution in [0.1, 0.15) is 17.0 Å². The molecule has 1 aromatic carbocycles. The van der Waals surface area contributed by atoms with Gasteiger partial charge < -0.3 is 15.6 Å². The van der Waals surface area contributed by atoms with Gasteiger partial charge in [-0.25, -0.2) is 4.98 Å². The maximum absolute atomic E-state index is 9.68. The number of aryl methyl sites for hydroxylation is 2. The summed E-state index contributed by atoms with van der Waals surface area (Å²) in [5.74, 6) is 0.640. The van der Waals surface area contributed by atoms with E-state index >= 15 is 0 Å². The van der Waals surface area contributed by atoms with E-state index < -0.39 is 0 Å². The third kappa shape index (κ3) is 2.74. The number of nitriles is 1. The Labute approximate surface area is 144 Å². The molecule has 0 radical (unpaired) electrons. The van der Waals surface area contributed by atoms with E-state index in [1.165, 1.54) is 19.2 Å². The number of hydrogen-bond acceptors (Lipinski definition) is 6. The normalized spacial score (nSPS) is 10.5. The molecule has 0 spiro atoms. The van der Waals surface area contributed by atoms with Crippen molar-refractivity contribution in [1.82, 2.24) is 15.2 Å². The lowest BCUT2D eigenvalue weighted by molar-refractivity contribution is 0.409. The van der Waals surface area contributed by atoms with Gasteiger partial charge in [0.2, 0.25) is 0 Å². The average molecular weight is 335 g/mol. The average Bonchev–Trinajstić information content (AvgIpc) is 2.92. The summed E-state index contributed by atoms with van der Waals surface area (Å²) in [4.78, 5) is 4.37. The van der Waals surface area contributed by atoms with E-state index in [2.05, 4.69) is 21.3 Å². The molecule has 0 saturated carbocycles. The number of aromatic nitrogens is 3. The summed E-state index contributed by atoms with van der Waals surface area (Å²) in [6.07, 6.45) is 0. The summed E-state index contributed by atoms with van der Waals surface area (Å²) in [5.41, 5.74) is 10.6. The highest BCUT2D eigenvalue weighted by Crippen LogP contribution is 2.38. The molecule has 0 saturated heterocycles. The van der Waals surface area contributed by atoms with Crippen LogP contribution in [0.2, 0.25) is 0 Å². The molecule has 0 aliphatic carbocycles. The predicted octanol–water partition coefficient (Wildman–Crippen LogP) is 2.92. The maximum Gasteiger partial charge on any atom is 0.142 e. The van der Waals surface area contributed by atoms with Gasteiger partial charge in [0, 0.05) is 28.5 Å². The van der Waals surface area contributed by atoms with Crippen LogP contribution in [0.15, 0.2) is 24.3 Å². The van der Waals surface area contributed by atoms with Crippen LogP contribution in [0.25, 0.3) is 22.4 Å². The van der Waals surface area contributed by atoms with Crippen LogP contribution in [0.3, 0.4) is 0 Å². The van der Waals surface area contributed by atoms with Crippen molar-refractivity contribution in [3.63, 3.8) is 0 Å². The summed E-state index contributed by atoms with van der Waals surface area (Å²) in [5, 5.41) is 26.3. The molecule has 2 heterocycles. The van der Waals surface area contributed by atoms with Gasteiger partial charge in [0.15, 0.2) is 0 Å². The van der Waals surface area contributed by atoms with Crippen LogP contribution < -0.4 is 10.5 Å². The minimum absolute atomic E-state index is 0.0721. The Balaban J connectivity index is 2.32. The van der Waals surface area contributed by atoms with Crippen molar-refractivity contribution in [2.45, 2.75) is 13.8 Å². The first-order chi connectivity index (χ1) is 12.0. The minimum Gasteiger partial charge on any atom is -0.508 e. The van der Waals surface area contributed by atoms with Gasteiger partial charge in [-0.3, -0.25) is 5.10 Å². The van der Waals surface area contributed by atoms with Crippen molar-refractivity contribution in [2.24, 2.45) is 0 Å². The summed E-state index contributed by atoms with van der Waals surface area (Å²) in [7, 11) is 1.50. The number of phenolic OH excluding ortho intramolecular Hbond substituents is 1. The van der Waals surface area contributed by atoms with Crippen molar-refractivity contribution in [3.8, 4) is 40.0 Å². The first kappa shape index (κ1) is 16.3. The van der Waals surface area contributed by atoms with E-state index in [0.717, 1.165) is 17.0 Å². The van der Waals surface area contributed by atoms with Gasteiger partial charge in [-0.15, -0.1) is 0 Å². The topological polar surface area (TPSA) is 121 Å². The molecular formula is C18H17N5O2. The van der Waals surface area contributed by atoms with E-state index in [1.807, 2.05) is 13.8 Å². The number of H-pyrrole nitrogens is 1. The van der Waals surface area contributed by atoms with E-state index in [9.17, 15) is 10.4 Å². The standard InChI is InChI=1S/C18H17N5O2/c1-9-17(10(2)23-22-9)15-7-13(14(8-19)18(20)21-15)12-5-4-11(24)6-16(12)25-3/h4-7,24H,1-3H3,(H2,20,21)(H,22,23). The molecule has 0 atom stereocenters. The number of rotatable bonds is 3. The Morgan fingerprint density at radius 2 is 2.00 bits per heavy atom. The van der Waals surface area contributed by atoms with Gasteiger partial charge in [0.25, 0.3) is 0 Å². The second kappa shape index (κ2) is 6.17. The van der Waals surface area contributed by atoms with E-state index in [1.54, 1.807) is 12.1 Å². The number of nitrogens with zero attached hydrogens (tertiary/aromatic N) is 3. The molecule has 7 heteroatoms. The van der Waals surface area contributed by atoms with Crippen molar-refractivity contribution in [1.29, 1.82) is 5.26 Å². The minimum atomic E-state index is 0.0721. The molecule has 0 bridgehead atoms. The third-order valence-electron chi connectivity index (χ3n) is 4.02. The number of benzene rings is 1. The molecular weight excluding hydrogens is 318 g/mol. The zero-order valence-electron chi connectivity index (χ0n) is 14.1. The Kier molecular flexibility index (Phi) is 4.03. The number of phenols is 1. The van der Waals surface area contributed by atoms with Crippen LogP contribution in [-0.2, 0) is 0 Å². The Morgan fingerprint density at radius 3 is 2.60 bits per heavy atom. The zero-order chi connectivity index (χ0) is 18.1. The van der Waals surface area contributed by atoms with Crippen LogP contribution in [-0.4, -0.2) is 27.4 Å². The number of pyridine rings is 1. The first-order valence-corrected chi connectivity index (χ1v) is 7.56. The van der Waals surface area contributed by atoms with E-state index in [-0.39, 0.29) is 17.1 Å². The molecule has 0 aliphatic heterocycles. The van der Waals surface area contributed by atoms with Crippen molar-refractivity contribution < 1.29 is 9.84 Å². The Bertz CT molecular complexity index is 982. The third-order valence-corrected chi connectivity index (χ3v) is 4.02. The van der Waals surface area contributed by atoms with E-state index in [0.29, 0.717) is 22.6 Å². The lowest BCUT2D eigenvalue weighted by Crippen LogP contribution is -2.01. The molecule has 0 fully saturated rings. The molecule has 0 aliphatic rings. The second-order valence-corrected chi connectivity index (χ2v) is 5.62. The Hall–Kier alpha value is -3.53. The number of hydrogen-bond donors (Lipinski definition) is 3. The van der Waals surface area contributed by atoms with Gasteiger partial charge in [-0.2, -0.15) is 10.4 Å². The smallest absolute Gasteiger partial charge is 0.142 e. The first-order valence-electron chi connectivity index (χ1n) is 7.56. The molecule has 0 unspecified atom stereocenters. The molecule has 2 aromatic heterocycles. The number of nitrogens with one attached hydrogen (secondary N) is 1. The second-order valence-electron chi connectivity index (χ2n) is 5.62. The summed E-state index contributed by atoms with van der Waals surface area (Å²) >= 11 is 0. The lowest BCUT2D eigenvalue weighted by Gasteiger charge is -2.13. The van der Waals surface area contributed by atoms with Crippen LogP contribution >= 0.6 is 0 Å². The number of ether oxygens (including phenoxy) is 1. The quantitative estimate of drug-likeness (QED) is 0.676. The van der Waals surface area contributed by atoms with E-state index in [4.69, 9.17) is 10.5 Å². The monoisotopic (exact) mass is 335 g/mol. The van der Waals surface area contributed by atoms with Crippen LogP contribution in [0.5, 0.6) is 11.5 Å². The maximum atomic E-state index is 9.68. The summed E-state index contributed by atoms with van der Waals surface area (Å²) in [6.45, 7) is 3.77. The summed E-state index contributed by atoms with van der Waals surface area (Å²) in [6, 6.07) is 8.59. The highest BCUT2D eigenvalue weighted by atomic mass is 16.5. The lowest BCUT2D eigenvalue weighted by atomic mass is 9.97.